The Morgan fingerprint density at radius 1 is 1.14 bits per heavy atom. The van der Waals surface area contributed by atoms with Gasteiger partial charge < -0.3 is 29.5 Å². The predicted molar refractivity (Wildman–Crippen MR) is 208 cm³/mol. The van der Waals surface area contributed by atoms with E-state index in [1.807, 2.05) is 6.92 Å². The largest absolute Gasteiger partial charge is 0.497 e. The van der Waals surface area contributed by atoms with E-state index in [2.05, 4.69) is 15.0 Å². The SMILES string of the molecule is COC[C@@H]1C[C@H](C)CC/C=C\[C@@H]2C[C@@]2(C(=O)NS(=O)(=O)C2(C)CC2)NC(=O)[C@@H]2C[C@@H](Oc3nccc4cc(OC)ccc34)CN2C(=O)[C@H]1N(C(=O)O)C(C)(C)C(F)(F)F. The Morgan fingerprint density at radius 3 is 2.47 bits per heavy atom. The van der Waals surface area contributed by atoms with E-state index in [0.717, 1.165) is 4.90 Å². The van der Waals surface area contributed by atoms with Gasteiger partial charge in [0, 0.05) is 36.9 Å². The van der Waals surface area contributed by atoms with Gasteiger partial charge in [-0.15, -0.1) is 0 Å². The maximum Gasteiger partial charge on any atom is 0.411 e. The number of methoxy groups -OCH3 is 2. The number of pyridine rings is 1. The van der Waals surface area contributed by atoms with Crippen LogP contribution in [0.5, 0.6) is 11.6 Å². The lowest BCUT2D eigenvalue weighted by Crippen LogP contribution is -2.67. The van der Waals surface area contributed by atoms with Gasteiger partial charge in [-0.05, 0) is 94.9 Å². The van der Waals surface area contributed by atoms with Crippen molar-refractivity contribution < 1.29 is 60.1 Å². The number of carbonyl (C=O) groups is 4. The van der Waals surface area contributed by atoms with Gasteiger partial charge in [0.25, 0.3) is 5.91 Å². The smallest absolute Gasteiger partial charge is 0.411 e. The number of alkyl halides is 3. The van der Waals surface area contributed by atoms with Crippen molar-refractivity contribution in [3.8, 4) is 11.6 Å². The van der Waals surface area contributed by atoms with Gasteiger partial charge in [0.1, 0.15) is 35.0 Å². The van der Waals surface area contributed by atoms with Crippen LogP contribution >= 0.6 is 0 Å². The normalized spacial score (nSPS) is 29.2. The Labute approximate surface area is 341 Å². The van der Waals surface area contributed by atoms with Crippen molar-refractivity contribution in [2.75, 3.05) is 27.4 Å². The molecule has 0 spiro atoms. The topological polar surface area (TPSA) is 194 Å². The molecule has 2 aliphatic carbocycles. The molecule has 3 heterocycles. The van der Waals surface area contributed by atoms with Crippen LogP contribution in [0.15, 0.2) is 42.6 Å². The van der Waals surface area contributed by atoms with Crippen LogP contribution < -0.4 is 19.5 Å². The number of halogens is 3. The van der Waals surface area contributed by atoms with E-state index >= 15 is 4.79 Å². The molecule has 2 saturated carbocycles. The zero-order valence-corrected chi connectivity index (χ0v) is 34.7. The van der Waals surface area contributed by atoms with Crippen LogP contribution in [0.1, 0.15) is 72.6 Å². The molecule has 19 heteroatoms. The summed E-state index contributed by atoms with van der Waals surface area (Å²) >= 11 is 0. The number of rotatable bonds is 10. The second-order valence-corrected chi connectivity index (χ2v) is 19.3. The number of aromatic nitrogens is 1. The fourth-order valence-electron chi connectivity index (χ4n) is 8.26. The summed E-state index contributed by atoms with van der Waals surface area (Å²) in [6.45, 7) is 4.02. The fourth-order valence-corrected chi connectivity index (χ4v) is 9.57. The number of nitrogens with zero attached hydrogens (tertiary/aromatic N) is 3. The van der Waals surface area contributed by atoms with Gasteiger partial charge in [-0.25, -0.2) is 18.2 Å². The molecule has 6 rings (SSSR count). The van der Waals surface area contributed by atoms with Crippen molar-refractivity contribution in [3.05, 3.63) is 42.6 Å². The minimum absolute atomic E-state index is 0.0396. The molecule has 1 aromatic carbocycles. The lowest BCUT2D eigenvalue weighted by Gasteiger charge is -2.46. The summed E-state index contributed by atoms with van der Waals surface area (Å²) in [7, 11) is -1.32. The lowest BCUT2D eigenvalue weighted by molar-refractivity contribution is -0.223. The van der Waals surface area contributed by atoms with Gasteiger partial charge in [-0.1, -0.05) is 19.1 Å². The Hall–Kier alpha value is -4.65. The van der Waals surface area contributed by atoms with Gasteiger partial charge in [0.15, 0.2) is 0 Å². The average Bonchev–Trinajstić information content (AvgIpc) is 4.04. The van der Waals surface area contributed by atoms with E-state index in [4.69, 9.17) is 14.2 Å². The molecule has 4 amide bonds. The quantitative estimate of drug-likeness (QED) is 0.278. The van der Waals surface area contributed by atoms with Crippen LogP contribution in [0.3, 0.4) is 0 Å². The first-order valence-corrected chi connectivity index (χ1v) is 21.1. The number of nitrogens with one attached hydrogen (secondary N) is 2. The number of fused-ring (bicyclic) bond motifs is 3. The van der Waals surface area contributed by atoms with Gasteiger partial charge in [0.2, 0.25) is 27.7 Å². The molecule has 1 saturated heterocycles. The van der Waals surface area contributed by atoms with E-state index in [0.29, 0.717) is 56.1 Å². The lowest BCUT2D eigenvalue weighted by atomic mass is 9.84. The van der Waals surface area contributed by atoms with Crippen molar-refractivity contribution in [2.45, 2.75) is 113 Å². The molecule has 3 fully saturated rings. The van der Waals surface area contributed by atoms with Gasteiger partial charge in [0.05, 0.1) is 25.0 Å². The highest BCUT2D eigenvalue weighted by molar-refractivity contribution is 7.91. The summed E-state index contributed by atoms with van der Waals surface area (Å²) in [5, 5.41) is 14.5. The number of sulfonamides is 1. The molecule has 2 aromatic rings. The third-order valence-electron chi connectivity index (χ3n) is 12.4. The number of ether oxygens (including phenoxy) is 3. The number of benzene rings is 1. The summed E-state index contributed by atoms with van der Waals surface area (Å²) < 4.78 is 89.1. The zero-order valence-electron chi connectivity index (χ0n) is 33.9. The van der Waals surface area contributed by atoms with Gasteiger partial charge >= 0.3 is 12.3 Å². The van der Waals surface area contributed by atoms with E-state index in [1.165, 1.54) is 27.3 Å². The molecule has 0 unspecified atom stereocenters. The minimum atomic E-state index is -5.13. The summed E-state index contributed by atoms with van der Waals surface area (Å²) in [5.74, 6) is -4.24. The van der Waals surface area contributed by atoms with Crippen LogP contribution in [0.25, 0.3) is 10.8 Å². The van der Waals surface area contributed by atoms with Crippen molar-refractivity contribution in [1.29, 1.82) is 0 Å². The van der Waals surface area contributed by atoms with Crippen molar-refractivity contribution in [3.63, 3.8) is 0 Å². The van der Waals surface area contributed by atoms with Gasteiger partial charge in [-0.3, -0.25) is 24.0 Å². The summed E-state index contributed by atoms with van der Waals surface area (Å²) in [5.41, 5.74) is -4.82. The predicted octanol–water partition coefficient (Wildman–Crippen LogP) is 4.79. The zero-order chi connectivity index (χ0) is 43.3. The Bertz CT molecular complexity index is 2110. The first kappa shape index (κ1) is 43.9. The molecule has 1 aromatic heterocycles. The minimum Gasteiger partial charge on any atom is -0.497 e. The number of hydrogen-bond acceptors (Lipinski definition) is 10. The summed E-state index contributed by atoms with van der Waals surface area (Å²) in [6.07, 6.45) is -1.67. The molecule has 3 N–H and O–H groups in total. The second kappa shape index (κ2) is 16.1. The number of carboxylic acid groups (broad SMARTS) is 1. The highest BCUT2D eigenvalue weighted by atomic mass is 32.2. The molecule has 324 valence electrons. The van der Waals surface area contributed by atoms with Crippen molar-refractivity contribution in [1.82, 2.24) is 24.8 Å². The Balaban J connectivity index is 1.45. The van der Waals surface area contributed by atoms with E-state index in [1.54, 1.807) is 36.4 Å². The monoisotopic (exact) mass is 851 g/mol. The molecular formula is C40H52F3N5O10S. The molecule has 4 aliphatic rings. The molecular weight excluding hydrogens is 800 g/mol. The molecule has 7 atom stereocenters. The third-order valence-corrected chi connectivity index (χ3v) is 14.6. The number of allylic oxidation sites excluding steroid dienone is 1. The van der Waals surface area contributed by atoms with Crippen LogP contribution in [0, 0.1) is 17.8 Å². The average molecular weight is 852 g/mol. The number of hydrogen-bond donors (Lipinski definition) is 3. The van der Waals surface area contributed by atoms with Crippen LogP contribution in [-0.2, 0) is 29.1 Å². The molecule has 0 radical (unpaired) electrons. The third kappa shape index (κ3) is 8.54. The van der Waals surface area contributed by atoms with Gasteiger partial charge in [-0.2, -0.15) is 13.2 Å². The summed E-state index contributed by atoms with van der Waals surface area (Å²) in [4.78, 5) is 62.3. The van der Waals surface area contributed by atoms with Crippen molar-refractivity contribution in [2.24, 2.45) is 17.8 Å². The van der Waals surface area contributed by atoms with Crippen LogP contribution in [0.4, 0.5) is 18.0 Å². The van der Waals surface area contributed by atoms with Crippen LogP contribution in [-0.4, -0.2) is 120 Å². The molecule has 59 heavy (non-hydrogen) atoms. The Kier molecular flexibility index (Phi) is 12.0. The standard InChI is InChI=1S/C40H52F3N5O10S/c1-23-9-7-8-10-26-20-39(26,35(51)46-59(54,55)38(4)14-15-38)45-32(49)30-19-28(58-33-29-12-11-27(57-6)18-24(29)13-16-44-33)21-47(30)34(50)31(25(17-23)22-56-5)48(36(52)53)37(2,3)40(41,42)43/h8,10-13,16,18,23,25-26,28,30-31H,7,9,14-15,17,19-22H2,1-6H3,(H,45,49)(H,46,51)(H,52,53)/b10-8-/t23-,25+,26-,28-,30+,31+,39-/m1/s1. The van der Waals surface area contributed by atoms with Crippen LogP contribution in [0.2, 0.25) is 0 Å². The molecule has 0 bridgehead atoms. The summed E-state index contributed by atoms with van der Waals surface area (Å²) in [6, 6.07) is 3.36. The van der Waals surface area contributed by atoms with Crippen molar-refractivity contribution >= 4 is 44.6 Å². The maximum atomic E-state index is 15.2. The first-order chi connectivity index (χ1) is 27.6. The highest BCUT2D eigenvalue weighted by Gasteiger charge is 2.64. The van der Waals surface area contributed by atoms with E-state index in [-0.39, 0.29) is 49.1 Å². The molecule has 2 aliphatic heterocycles. The van der Waals surface area contributed by atoms with E-state index in [9.17, 15) is 41.1 Å². The highest BCUT2D eigenvalue weighted by Crippen LogP contribution is 2.48. The first-order valence-electron chi connectivity index (χ1n) is 19.6. The molecule has 15 nitrogen and oxygen atoms in total. The maximum absolute atomic E-state index is 15.2. The van der Waals surface area contributed by atoms with E-state index < -0.39 is 85.9 Å². The number of carbonyl (C=O) groups excluding carboxylic acids is 3. The Morgan fingerprint density at radius 2 is 1.85 bits per heavy atom. The number of amides is 4. The second-order valence-electron chi connectivity index (χ2n) is 17.1. The fraction of sp³-hybridized carbons (Fsp3) is 0.625.